The van der Waals surface area contributed by atoms with Crippen LogP contribution in [0.4, 0.5) is 8.78 Å². The largest absolute Gasteiger partial charge is 0.243 e. The van der Waals surface area contributed by atoms with Crippen LogP contribution in [0.2, 0.25) is 0 Å². The number of fused-ring (bicyclic) bond motifs is 5. The maximum absolute atomic E-state index is 15.0. The molecule has 0 bridgehead atoms. The summed E-state index contributed by atoms with van der Waals surface area (Å²) in [5.41, 5.74) is 8.82. The van der Waals surface area contributed by atoms with Crippen LogP contribution in [0.5, 0.6) is 0 Å². The van der Waals surface area contributed by atoms with Gasteiger partial charge in [-0.3, -0.25) is 0 Å². The fourth-order valence-electron chi connectivity index (χ4n) is 5.04. The molecule has 39 heavy (non-hydrogen) atoms. The Bertz CT molecular complexity index is 2080. The average molecular weight is 569 g/mol. The van der Waals surface area contributed by atoms with Gasteiger partial charge in [0.1, 0.15) is 33.7 Å². The van der Waals surface area contributed by atoms with Crippen molar-refractivity contribution in [2.24, 2.45) is 0 Å². The molecule has 0 unspecified atom stereocenters. The molecule has 0 saturated heterocycles. The third kappa shape index (κ3) is 3.43. The van der Waals surface area contributed by atoms with Gasteiger partial charge in [-0.1, -0.05) is 44.0 Å². The van der Waals surface area contributed by atoms with Crippen LogP contribution in [0.3, 0.4) is 0 Å². The normalized spacial score (nSPS) is 12.4. The smallest absolute Gasteiger partial charge is 0.142 e. The molecule has 4 nitrogen and oxygen atoms in total. The molecule has 1 aliphatic carbocycles. The Morgan fingerprint density at radius 1 is 0.718 bits per heavy atom. The van der Waals surface area contributed by atoms with E-state index in [9.17, 15) is 0 Å². The number of allylic oxidation sites excluding steroid dienone is 2. The van der Waals surface area contributed by atoms with Gasteiger partial charge in [0.15, 0.2) is 0 Å². The molecule has 2 aromatic carbocycles. The molecule has 7 rings (SSSR count). The van der Waals surface area contributed by atoms with Crippen LogP contribution in [0, 0.1) is 11.6 Å². The number of nitrogens with zero attached hydrogens (tertiary/aromatic N) is 4. The predicted octanol–water partition coefficient (Wildman–Crippen LogP) is 9.48. The number of benzene rings is 2. The van der Waals surface area contributed by atoms with E-state index < -0.39 is 0 Å². The van der Waals surface area contributed by atoms with Crippen molar-refractivity contribution in [2.45, 2.75) is 13.8 Å². The molecule has 0 saturated carbocycles. The molecule has 1 aliphatic rings. The Hall–Kier alpha value is -3.92. The van der Waals surface area contributed by atoms with E-state index in [1.54, 1.807) is 13.8 Å². The van der Waals surface area contributed by atoms with E-state index in [0.717, 1.165) is 28.4 Å². The minimum absolute atomic E-state index is 0.352. The van der Waals surface area contributed by atoms with Crippen molar-refractivity contribution in [3.63, 3.8) is 0 Å². The zero-order chi connectivity index (χ0) is 27.2. The molecule has 0 spiro atoms. The summed E-state index contributed by atoms with van der Waals surface area (Å²) in [5, 5.41) is 0. The SMILES string of the molecule is C=C1c2ccccc2-c2nc3c(-c4cc(F)c(C(=C)C)s4)c4nsnc4c(-c4cc(F)c(C(=C)C)s4)c3nc21. The van der Waals surface area contributed by atoms with Crippen LogP contribution in [-0.2, 0) is 0 Å². The number of hydrogen-bond donors (Lipinski definition) is 0. The van der Waals surface area contributed by atoms with Gasteiger partial charge in [0.25, 0.3) is 0 Å². The molecule has 0 radical (unpaired) electrons. The van der Waals surface area contributed by atoms with Crippen molar-refractivity contribution in [2.75, 3.05) is 0 Å². The van der Waals surface area contributed by atoms with E-state index in [1.165, 1.54) is 34.8 Å². The minimum atomic E-state index is -0.353. The van der Waals surface area contributed by atoms with Crippen molar-refractivity contribution in [3.05, 3.63) is 88.8 Å². The van der Waals surface area contributed by atoms with Gasteiger partial charge in [-0.15, -0.1) is 22.7 Å². The highest BCUT2D eigenvalue weighted by Gasteiger charge is 2.31. The van der Waals surface area contributed by atoms with Gasteiger partial charge in [-0.2, -0.15) is 8.75 Å². The van der Waals surface area contributed by atoms with Gasteiger partial charge < -0.3 is 0 Å². The van der Waals surface area contributed by atoms with Crippen LogP contribution in [-0.4, -0.2) is 18.7 Å². The third-order valence-corrected chi connectivity index (χ3v) is 9.87. The van der Waals surface area contributed by atoms with Crippen molar-refractivity contribution in [3.8, 4) is 32.1 Å². The van der Waals surface area contributed by atoms with E-state index in [-0.39, 0.29) is 11.6 Å². The Morgan fingerprint density at radius 3 is 1.69 bits per heavy atom. The second kappa shape index (κ2) is 8.54. The highest BCUT2D eigenvalue weighted by Crippen LogP contribution is 2.49. The molecular formula is C30H18F2N4S3. The van der Waals surface area contributed by atoms with E-state index >= 15 is 8.78 Å². The summed E-state index contributed by atoms with van der Waals surface area (Å²) in [6.07, 6.45) is 0. The zero-order valence-corrected chi connectivity index (χ0v) is 23.3. The van der Waals surface area contributed by atoms with E-state index in [4.69, 9.17) is 9.97 Å². The van der Waals surface area contributed by atoms with Crippen molar-refractivity contribution >= 4 is 73.2 Å². The molecule has 0 aliphatic heterocycles. The number of halogens is 2. The molecule has 9 heteroatoms. The lowest BCUT2D eigenvalue weighted by Gasteiger charge is -2.12. The highest BCUT2D eigenvalue weighted by molar-refractivity contribution is 7.17. The summed E-state index contributed by atoms with van der Waals surface area (Å²) in [6, 6.07) is 10.9. The van der Waals surface area contributed by atoms with Gasteiger partial charge in [0.2, 0.25) is 0 Å². The first-order valence-corrected chi connectivity index (χ1v) is 14.3. The van der Waals surface area contributed by atoms with Crippen LogP contribution in [0.25, 0.3) is 70.9 Å². The van der Waals surface area contributed by atoms with E-state index in [1.807, 2.05) is 24.3 Å². The fraction of sp³-hybridized carbons (Fsp3) is 0.0667. The average Bonchev–Trinajstić information content (AvgIpc) is 3.68. The van der Waals surface area contributed by atoms with Gasteiger partial charge in [0, 0.05) is 32.0 Å². The van der Waals surface area contributed by atoms with Crippen LogP contribution < -0.4 is 0 Å². The van der Waals surface area contributed by atoms with Crippen molar-refractivity contribution < 1.29 is 8.78 Å². The first kappa shape index (κ1) is 24.1. The number of hydrogen-bond acceptors (Lipinski definition) is 7. The third-order valence-electron chi connectivity index (χ3n) is 6.77. The second-order valence-corrected chi connectivity index (χ2v) is 12.1. The van der Waals surface area contributed by atoms with Gasteiger partial charge in [-0.05, 0) is 42.7 Å². The first-order chi connectivity index (χ1) is 18.7. The fourth-order valence-corrected chi connectivity index (χ4v) is 7.61. The summed E-state index contributed by atoms with van der Waals surface area (Å²) in [7, 11) is 0. The monoisotopic (exact) mass is 568 g/mol. The maximum Gasteiger partial charge on any atom is 0.142 e. The lowest BCUT2D eigenvalue weighted by Crippen LogP contribution is -1.97. The highest BCUT2D eigenvalue weighted by atomic mass is 32.1. The summed E-state index contributed by atoms with van der Waals surface area (Å²) >= 11 is 3.63. The van der Waals surface area contributed by atoms with Gasteiger partial charge >= 0.3 is 0 Å². The molecule has 0 N–H and O–H groups in total. The van der Waals surface area contributed by atoms with Crippen LogP contribution in [0.1, 0.15) is 34.9 Å². The summed E-state index contributed by atoms with van der Waals surface area (Å²) < 4.78 is 39.3. The molecule has 4 heterocycles. The molecule has 0 fully saturated rings. The van der Waals surface area contributed by atoms with Crippen LogP contribution in [0.15, 0.2) is 56.1 Å². The Labute approximate surface area is 234 Å². The van der Waals surface area contributed by atoms with Gasteiger partial charge in [0.05, 0.1) is 32.9 Å². The Kier molecular flexibility index (Phi) is 5.29. The molecule has 4 aromatic heterocycles. The summed E-state index contributed by atoms with van der Waals surface area (Å²) in [5.74, 6) is -0.705. The molecule has 0 atom stereocenters. The van der Waals surface area contributed by atoms with E-state index in [2.05, 4.69) is 28.5 Å². The molecular weight excluding hydrogens is 551 g/mol. The van der Waals surface area contributed by atoms with Crippen molar-refractivity contribution in [1.29, 1.82) is 0 Å². The standard InChI is InChI=1S/C30H18F2N4S3/c1-12(2)29-17(31)10-19(37-29)21-25-26(34-24-16-9-7-6-8-15(16)14(5)23(24)33-25)22(28-27(21)35-39-36-28)20-11-18(32)30(38-20)13(3)4/h6-11H,1,3,5H2,2,4H3. The lowest BCUT2D eigenvalue weighted by molar-refractivity contribution is 0.630. The second-order valence-electron chi connectivity index (χ2n) is 9.49. The maximum atomic E-state index is 15.0. The Balaban J connectivity index is 1.66. The van der Waals surface area contributed by atoms with Gasteiger partial charge in [-0.25, -0.2) is 18.7 Å². The quantitative estimate of drug-likeness (QED) is 0.212. The van der Waals surface area contributed by atoms with E-state index in [0.29, 0.717) is 75.2 Å². The zero-order valence-electron chi connectivity index (χ0n) is 20.9. The Morgan fingerprint density at radius 2 is 1.21 bits per heavy atom. The molecule has 0 amide bonds. The number of thiophene rings is 2. The molecule has 6 aromatic rings. The van der Waals surface area contributed by atoms with Crippen LogP contribution >= 0.6 is 34.4 Å². The van der Waals surface area contributed by atoms with Crippen molar-refractivity contribution in [1.82, 2.24) is 18.7 Å². The molecule has 190 valence electrons. The minimum Gasteiger partial charge on any atom is -0.243 e. The topological polar surface area (TPSA) is 51.6 Å². The predicted molar refractivity (Wildman–Crippen MR) is 160 cm³/mol. The lowest BCUT2D eigenvalue weighted by atomic mass is 10.0. The number of rotatable bonds is 4. The summed E-state index contributed by atoms with van der Waals surface area (Å²) in [6.45, 7) is 15.7. The summed E-state index contributed by atoms with van der Waals surface area (Å²) in [4.78, 5) is 12.5. The first-order valence-electron chi connectivity index (χ1n) is 11.9. The number of aromatic nitrogens is 4.